The van der Waals surface area contributed by atoms with Crippen LogP contribution in [0.4, 0.5) is 5.00 Å². The molecule has 0 aliphatic heterocycles. The summed E-state index contributed by atoms with van der Waals surface area (Å²) < 4.78 is 5.18. The van der Waals surface area contributed by atoms with Crippen molar-refractivity contribution in [3.8, 4) is 0 Å². The van der Waals surface area contributed by atoms with Crippen LogP contribution in [0.2, 0.25) is 0 Å². The van der Waals surface area contributed by atoms with Crippen molar-refractivity contribution in [3.63, 3.8) is 0 Å². The number of hydrogen-bond donors (Lipinski definition) is 1. The Balaban J connectivity index is 1.96. The molecular weight excluding hydrogens is 362 g/mol. The summed E-state index contributed by atoms with van der Waals surface area (Å²) in [6, 6.07) is 6.88. The molecular formula is C21H21NO4S. The number of benzene rings is 1. The first-order chi connectivity index (χ1) is 12.9. The van der Waals surface area contributed by atoms with Crippen LogP contribution in [-0.4, -0.2) is 29.7 Å². The van der Waals surface area contributed by atoms with Gasteiger partial charge in [-0.05, 0) is 30.2 Å². The highest BCUT2D eigenvalue weighted by Gasteiger charge is 2.28. The Morgan fingerprint density at radius 2 is 2.00 bits per heavy atom. The third kappa shape index (κ3) is 3.71. The normalized spacial score (nSPS) is 13.7. The molecule has 6 heteroatoms. The zero-order chi connectivity index (χ0) is 19.6. The van der Waals surface area contributed by atoms with Crippen LogP contribution < -0.4 is 0 Å². The first-order valence-corrected chi connectivity index (χ1v) is 9.70. The predicted molar refractivity (Wildman–Crippen MR) is 107 cm³/mol. The molecule has 2 aromatic rings. The Hall–Kier alpha value is -2.73. The van der Waals surface area contributed by atoms with Gasteiger partial charge in [0.05, 0.1) is 17.7 Å². The Morgan fingerprint density at radius 3 is 2.63 bits per heavy atom. The van der Waals surface area contributed by atoms with Crippen LogP contribution in [-0.2, 0) is 11.2 Å². The maximum absolute atomic E-state index is 12.5. The number of rotatable bonds is 6. The van der Waals surface area contributed by atoms with Crippen LogP contribution >= 0.6 is 11.3 Å². The maximum atomic E-state index is 12.5. The summed E-state index contributed by atoms with van der Waals surface area (Å²) in [7, 11) is 0. The Kier molecular flexibility index (Phi) is 5.56. The highest BCUT2D eigenvalue weighted by Crippen LogP contribution is 2.35. The molecule has 1 aliphatic carbocycles. The molecule has 0 saturated heterocycles. The third-order valence-corrected chi connectivity index (χ3v) is 5.13. The number of aliphatic hydroxyl groups excluding tert-OH is 1. The van der Waals surface area contributed by atoms with Crippen LogP contribution in [0.15, 0.2) is 40.2 Å². The maximum Gasteiger partial charge on any atom is 0.341 e. The number of ketones is 1. The summed E-state index contributed by atoms with van der Waals surface area (Å²) in [5, 5.41) is 12.7. The number of thiophene rings is 1. The Bertz CT molecular complexity index is 953. The molecule has 27 heavy (non-hydrogen) atoms. The largest absolute Gasteiger partial charge is 0.506 e. The summed E-state index contributed by atoms with van der Waals surface area (Å²) >= 11 is 1.33. The van der Waals surface area contributed by atoms with Crippen molar-refractivity contribution < 1.29 is 19.4 Å². The molecule has 1 aromatic heterocycles. The lowest BCUT2D eigenvalue weighted by Gasteiger charge is -2.07. The number of esters is 1. The number of aliphatic hydroxyl groups is 1. The van der Waals surface area contributed by atoms with E-state index in [1.165, 1.54) is 17.6 Å². The van der Waals surface area contributed by atoms with Gasteiger partial charge in [-0.25, -0.2) is 9.79 Å². The second kappa shape index (κ2) is 7.88. The second-order valence-electron chi connectivity index (χ2n) is 6.65. The fraction of sp³-hybridized carbons (Fsp3) is 0.286. The molecule has 0 fully saturated rings. The van der Waals surface area contributed by atoms with Gasteiger partial charge in [0.1, 0.15) is 10.8 Å². The van der Waals surface area contributed by atoms with Gasteiger partial charge in [-0.2, -0.15) is 0 Å². The lowest BCUT2D eigenvalue weighted by atomic mass is 10.0. The zero-order valence-electron chi connectivity index (χ0n) is 15.5. The van der Waals surface area contributed by atoms with E-state index in [0.29, 0.717) is 27.6 Å². The molecule has 0 saturated carbocycles. The highest BCUT2D eigenvalue weighted by molar-refractivity contribution is 7.14. The van der Waals surface area contributed by atoms with E-state index in [2.05, 4.69) is 18.8 Å². The molecule has 0 bridgehead atoms. The van der Waals surface area contributed by atoms with Gasteiger partial charge in [0.25, 0.3) is 0 Å². The first-order valence-electron chi connectivity index (χ1n) is 8.82. The van der Waals surface area contributed by atoms with Crippen molar-refractivity contribution in [2.45, 2.75) is 27.2 Å². The minimum atomic E-state index is -0.416. The number of ether oxygens (including phenoxy) is 1. The van der Waals surface area contributed by atoms with Crippen molar-refractivity contribution in [2.24, 2.45) is 10.9 Å². The van der Waals surface area contributed by atoms with Gasteiger partial charge in [-0.3, -0.25) is 4.79 Å². The second-order valence-corrected chi connectivity index (χ2v) is 7.51. The van der Waals surface area contributed by atoms with Gasteiger partial charge in [-0.15, -0.1) is 11.3 Å². The molecule has 0 atom stereocenters. The summed E-state index contributed by atoms with van der Waals surface area (Å²) in [5.74, 6) is -0.400. The van der Waals surface area contributed by atoms with Gasteiger partial charge >= 0.3 is 5.97 Å². The van der Waals surface area contributed by atoms with Crippen LogP contribution in [0.5, 0.6) is 0 Å². The Morgan fingerprint density at radius 1 is 1.30 bits per heavy atom. The molecule has 5 nitrogen and oxygen atoms in total. The number of allylic oxidation sites excluding steroid dienone is 1. The molecule has 1 aromatic carbocycles. The monoisotopic (exact) mass is 383 g/mol. The van der Waals surface area contributed by atoms with Gasteiger partial charge in [-0.1, -0.05) is 38.1 Å². The van der Waals surface area contributed by atoms with Crippen LogP contribution in [0.25, 0.3) is 5.76 Å². The molecule has 0 amide bonds. The van der Waals surface area contributed by atoms with Crippen molar-refractivity contribution in [1.82, 2.24) is 0 Å². The lowest BCUT2D eigenvalue weighted by molar-refractivity contribution is 0.0526. The summed E-state index contributed by atoms with van der Waals surface area (Å²) in [6.45, 7) is 6.19. The van der Waals surface area contributed by atoms with Crippen LogP contribution in [0.1, 0.15) is 52.6 Å². The van der Waals surface area contributed by atoms with Crippen molar-refractivity contribution in [1.29, 1.82) is 0 Å². The highest BCUT2D eigenvalue weighted by atomic mass is 32.1. The van der Waals surface area contributed by atoms with E-state index >= 15 is 0 Å². The number of aliphatic imine (C=N–C) groups is 1. The van der Waals surface area contributed by atoms with Crippen LogP contribution in [0, 0.1) is 5.92 Å². The minimum Gasteiger partial charge on any atom is -0.506 e. The standard InChI is InChI=1S/C21H21NO4S/c1-4-26-21(25)17-13(9-12(2)3)11-27-20(17)22-10-16-18(23)14-7-5-6-8-15(14)19(16)24/h5-8,10-12,23H,4,9H2,1-3H3. The lowest BCUT2D eigenvalue weighted by Crippen LogP contribution is -2.08. The number of nitrogens with zero attached hydrogens (tertiary/aromatic N) is 1. The Labute approximate surface area is 162 Å². The molecule has 1 N–H and O–H groups in total. The van der Waals surface area contributed by atoms with Crippen molar-refractivity contribution in [3.05, 3.63) is 57.5 Å². The number of fused-ring (bicyclic) bond motifs is 1. The number of carbonyl (C=O) groups is 2. The van der Waals surface area contributed by atoms with E-state index < -0.39 is 5.97 Å². The fourth-order valence-electron chi connectivity index (χ4n) is 3.02. The van der Waals surface area contributed by atoms with Gasteiger partial charge < -0.3 is 9.84 Å². The van der Waals surface area contributed by atoms with E-state index in [4.69, 9.17) is 4.74 Å². The van der Waals surface area contributed by atoms with E-state index in [0.717, 1.165) is 12.0 Å². The van der Waals surface area contributed by atoms with Gasteiger partial charge in [0.2, 0.25) is 0 Å². The van der Waals surface area contributed by atoms with E-state index in [9.17, 15) is 14.7 Å². The van der Waals surface area contributed by atoms with Crippen molar-refractivity contribution >= 4 is 40.1 Å². The topological polar surface area (TPSA) is 76.0 Å². The SMILES string of the molecule is CCOC(=O)c1c(CC(C)C)csc1N=CC1=C(O)c2ccccc2C1=O. The quantitative estimate of drug-likeness (QED) is 0.563. The van der Waals surface area contributed by atoms with E-state index in [1.54, 1.807) is 31.2 Å². The third-order valence-electron chi connectivity index (χ3n) is 4.19. The molecule has 0 spiro atoms. The smallest absolute Gasteiger partial charge is 0.341 e. The van der Waals surface area contributed by atoms with Gasteiger partial charge in [0, 0.05) is 17.3 Å². The van der Waals surface area contributed by atoms with Crippen molar-refractivity contribution in [2.75, 3.05) is 6.61 Å². The molecule has 3 rings (SSSR count). The van der Waals surface area contributed by atoms with E-state index in [-0.39, 0.29) is 23.7 Å². The average Bonchev–Trinajstić information content (AvgIpc) is 3.13. The summed E-state index contributed by atoms with van der Waals surface area (Å²) in [6.07, 6.45) is 2.07. The fourth-order valence-corrected chi connectivity index (χ4v) is 3.93. The molecule has 140 valence electrons. The van der Waals surface area contributed by atoms with Crippen LogP contribution in [0.3, 0.4) is 0 Å². The minimum absolute atomic E-state index is 0.0870. The molecule has 0 unspecified atom stereocenters. The van der Waals surface area contributed by atoms with Gasteiger partial charge in [0.15, 0.2) is 5.78 Å². The summed E-state index contributed by atoms with van der Waals surface area (Å²) in [5.41, 5.74) is 2.41. The number of Topliss-reactive ketones (excluding diaryl/α,β-unsaturated/α-hetero) is 1. The average molecular weight is 383 g/mol. The zero-order valence-corrected chi connectivity index (χ0v) is 16.3. The predicted octanol–water partition coefficient (Wildman–Crippen LogP) is 4.99. The molecule has 1 aliphatic rings. The summed E-state index contributed by atoms with van der Waals surface area (Å²) in [4.78, 5) is 29.3. The number of hydrogen-bond acceptors (Lipinski definition) is 6. The van der Waals surface area contributed by atoms with E-state index in [1.807, 2.05) is 5.38 Å². The first kappa shape index (κ1) is 19.0. The number of carbonyl (C=O) groups excluding carboxylic acids is 2. The molecule has 0 radical (unpaired) electrons. The molecule has 1 heterocycles.